The van der Waals surface area contributed by atoms with Crippen molar-refractivity contribution in [3.8, 4) is 11.4 Å². The summed E-state index contributed by atoms with van der Waals surface area (Å²) in [5.41, 5.74) is 2.55. The lowest BCUT2D eigenvalue weighted by molar-refractivity contribution is 0.194. The number of amides is 2. The van der Waals surface area contributed by atoms with Gasteiger partial charge in [0.1, 0.15) is 11.6 Å². The quantitative estimate of drug-likeness (QED) is 0.720. The van der Waals surface area contributed by atoms with Crippen molar-refractivity contribution < 1.29 is 9.18 Å². The van der Waals surface area contributed by atoms with E-state index in [9.17, 15) is 9.18 Å². The van der Waals surface area contributed by atoms with Crippen molar-refractivity contribution in [2.45, 2.75) is 13.5 Å². The van der Waals surface area contributed by atoms with Crippen LogP contribution in [0.5, 0.6) is 0 Å². The molecule has 0 unspecified atom stereocenters. The van der Waals surface area contributed by atoms with Gasteiger partial charge in [-0.25, -0.2) is 19.2 Å². The lowest BCUT2D eigenvalue weighted by Crippen LogP contribution is -2.52. The first kappa shape index (κ1) is 19.8. The normalized spacial score (nSPS) is 13.9. The van der Waals surface area contributed by atoms with E-state index < -0.39 is 0 Å². The Morgan fingerprint density at radius 1 is 1.00 bits per heavy atom. The third-order valence-corrected chi connectivity index (χ3v) is 5.10. The highest BCUT2D eigenvalue weighted by Crippen LogP contribution is 2.22. The Morgan fingerprint density at radius 2 is 1.77 bits per heavy atom. The molecular formula is C23H24FN5O. The Labute approximate surface area is 175 Å². The molecule has 1 aromatic heterocycles. The highest BCUT2D eigenvalue weighted by atomic mass is 19.1. The predicted octanol–water partition coefficient (Wildman–Crippen LogP) is 3.62. The van der Waals surface area contributed by atoms with Gasteiger partial charge in [0.25, 0.3) is 0 Å². The van der Waals surface area contributed by atoms with Crippen LogP contribution in [-0.4, -0.2) is 47.1 Å². The van der Waals surface area contributed by atoms with Crippen LogP contribution in [0.4, 0.5) is 15.0 Å². The van der Waals surface area contributed by atoms with Gasteiger partial charge in [-0.05, 0) is 24.6 Å². The van der Waals surface area contributed by atoms with Crippen molar-refractivity contribution in [1.29, 1.82) is 0 Å². The number of benzene rings is 2. The van der Waals surface area contributed by atoms with Crippen molar-refractivity contribution in [2.24, 2.45) is 0 Å². The second-order valence-electron chi connectivity index (χ2n) is 7.32. The number of carbonyl (C=O) groups excluding carboxylic acids is 1. The molecule has 3 aromatic rings. The van der Waals surface area contributed by atoms with Gasteiger partial charge >= 0.3 is 6.03 Å². The van der Waals surface area contributed by atoms with Crippen molar-refractivity contribution in [3.05, 3.63) is 77.7 Å². The molecule has 7 heteroatoms. The summed E-state index contributed by atoms with van der Waals surface area (Å²) in [4.78, 5) is 25.5. The van der Waals surface area contributed by atoms with Crippen molar-refractivity contribution in [1.82, 2.24) is 20.2 Å². The van der Waals surface area contributed by atoms with Gasteiger partial charge in [0.15, 0.2) is 5.82 Å². The standard InChI is InChI=1S/C23H24FN5O/c1-17-14-21(27-22(26-17)19-8-5-9-20(24)15-19)28-10-12-29(13-11-28)23(30)25-16-18-6-3-2-4-7-18/h2-9,14-15H,10-13,16H2,1H3,(H,25,30). The molecule has 30 heavy (non-hydrogen) atoms. The molecule has 0 atom stereocenters. The molecule has 1 aliphatic heterocycles. The Kier molecular flexibility index (Phi) is 5.88. The van der Waals surface area contributed by atoms with Gasteiger partial charge in [-0.2, -0.15) is 0 Å². The second kappa shape index (κ2) is 8.90. The van der Waals surface area contributed by atoms with Crippen molar-refractivity contribution >= 4 is 11.8 Å². The zero-order chi connectivity index (χ0) is 20.9. The minimum absolute atomic E-state index is 0.0576. The lowest BCUT2D eigenvalue weighted by Gasteiger charge is -2.35. The van der Waals surface area contributed by atoms with Crippen LogP contribution < -0.4 is 10.2 Å². The first-order chi connectivity index (χ1) is 14.6. The van der Waals surface area contributed by atoms with Crippen molar-refractivity contribution in [3.63, 3.8) is 0 Å². The highest BCUT2D eigenvalue weighted by molar-refractivity contribution is 5.74. The minimum atomic E-state index is -0.311. The van der Waals surface area contributed by atoms with E-state index in [0.29, 0.717) is 44.1 Å². The summed E-state index contributed by atoms with van der Waals surface area (Å²) in [5.74, 6) is 0.993. The Bertz CT molecular complexity index is 1020. The van der Waals surface area contributed by atoms with Gasteiger partial charge in [0.05, 0.1) is 0 Å². The molecule has 0 saturated carbocycles. The van der Waals surface area contributed by atoms with E-state index in [-0.39, 0.29) is 11.8 Å². The van der Waals surface area contributed by atoms with E-state index in [1.807, 2.05) is 48.2 Å². The number of nitrogens with one attached hydrogen (secondary N) is 1. The summed E-state index contributed by atoms with van der Waals surface area (Å²) in [6, 6.07) is 18.0. The number of nitrogens with zero attached hydrogens (tertiary/aromatic N) is 4. The number of halogens is 1. The fraction of sp³-hybridized carbons (Fsp3) is 0.261. The highest BCUT2D eigenvalue weighted by Gasteiger charge is 2.22. The van der Waals surface area contributed by atoms with Crippen LogP contribution in [0.15, 0.2) is 60.7 Å². The van der Waals surface area contributed by atoms with Crippen molar-refractivity contribution in [2.75, 3.05) is 31.1 Å². The van der Waals surface area contributed by atoms with Gasteiger partial charge < -0.3 is 15.1 Å². The van der Waals surface area contributed by atoms with Gasteiger partial charge in [-0.3, -0.25) is 0 Å². The maximum Gasteiger partial charge on any atom is 0.317 e. The van der Waals surface area contributed by atoms with Crippen LogP contribution >= 0.6 is 0 Å². The number of piperazine rings is 1. The number of anilines is 1. The smallest absolute Gasteiger partial charge is 0.317 e. The third kappa shape index (κ3) is 4.74. The summed E-state index contributed by atoms with van der Waals surface area (Å²) < 4.78 is 13.6. The molecule has 154 valence electrons. The fourth-order valence-corrected chi connectivity index (χ4v) is 3.49. The van der Waals surface area contributed by atoms with Gasteiger partial charge in [-0.1, -0.05) is 42.5 Å². The molecule has 1 aliphatic rings. The zero-order valence-electron chi connectivity index (χ0n) is 16.9. The van der Waals surface area contributed by atoms with Crippen LogP contribution in [0, 0.1) is 12.7 Å². The van der Waals surface area contributed by atoms with Crippen LogP contribution in [-0.2, 0) is 6.54 Å². The molecule has 0 spiro atoms. The number of rotatable bonds is 4. The van der Waals surface area contributed by atoms with Crippen LogP contribution in [0.25, 0.3) is 11.4 Å². The predicted molar refractivity (Wildman–Crippen MR) is 115 cm³/mol. The first-order valence-electron chi connectivity index (χ1n) is 10.0. The molecule has 0 bridgehead atoms. The van der Waals surface area contributed by atoms with Crippen LogP contribution in [0.3, 0.4) is 0 Å². The number of hydrogen-bond donors (Lipinski definition) is 1. The lowest BCUT2D eigenvalue weighted by atomic mass is 10.2. The average molecular weight is 405 g/mol. The summed E-state index contributed by atoms with van der Waals surface area (Å²) in [6.07, 6.45) is 0. The molecule has 1 fully saturated rings. The van der Waals surface area contributed by atoms with E-state index >= 15 is 0 Å². The van der Waals surface area contributed by atoms with Gasteiger partial charge in [0.2, 0.25) is 0 Å². The monoisotopic (exact) mass is 405 g/mol. The largest absolute Gasteiger partial charge is 0.353 e. The average Bonchev–Trinajstić information content (AvgIpc) is 2.78. The molecule has 4 rings (SSSR count). The number of urea groups is 1. The topological polar surface area (TPSA) is 61.4 Å². The zero-order valence-corrected chi connectivity index (χ0v) is 16.9. The van der Waals surface area contributed by atoms with Crippen LogP contribution in [0.2, 0.25) is 0 Å². The molecular weight excluding hydrogens is 381 g/mol. The molecule has 0 aliphatic carbocycles. The Hall–Kier alpha value is -3.48. The van der Waals surface area contributed by atoms with Crippen LogP contribution in [0.1, 0.15) is 11.3 Å². The van der Waals surface area contributed by atoms with Gasteiger partial charge in [0, 0.05) is 50.0 Å². The minimum Gasteiger partial charge on any atom is -0.353 e. The molecule has 2 heterocycles. The van der Waals surface area contributed by atoms with E-state index in [2.05, 4.69) is 20.2 Å². The summed E-state index contributed by atoms with van der Waals surface area (Å²) in [7, 11) is 0. The molecule has 1 N–H and O–H groups in total. The SMILES string of the molecule is Cc1cc(N2CCN(C(=O)NCc3ccccc3)CC2)nc(-c2cccc(F)c2)n1. The summed E-state index contributed by atoms with van der Waals surface area (Å²) in [6.45, 7) is 5.00. The molecule has 0 radical (unpaired) electrons. The summed E-state index contributed by atoms with van der Waals surface area (Å²) in [5, 5.41) is 2.98. The maximum absolute atomic E-state index is 13.6. The number of aromatic nitrogens is 2. The molecule has 6 nitrogen and oxygen atoms in total. The van der Waals surface area contributed by atoms with E-state index in [1.54, 1.807) is 12.1 Å². The Balaban J connectivity index is 1.38. The Morgan fingerprint density at radius 3 is 2.50 bits per heavy atom. The third-order valence-electron chi connectivity index (χ3n) is 5.10. The number of hydrogen-bond acceptors (Lipinski definition) is 4. The first-order valence-corrected chi connectivity index (χ1v) is 10.0. The molecule has 1 saturated heterocycles. The van der Waals surface area contributed by atoms with E-state index in [0.717, 1.165) is 17.1 Å². The van der Waals surface area contributed by atoms with E-state index in [4.69, 9.17) is 0 Å². The number of carbonyl (C=O) groups is 1. The molecule has 2 amide bonds. The van der Waals surface area contributed by atoms with E-state index in [1.165, 1.54) is 12.1 Å². The summed E-state index contributed by atoms with van der Waals surface area (Å²) >= 11 is 0. The maximum atomic E-state index is 13.6. The second-order valence-corrected chi connectivity index (χ2v) is 7.32. The molecule has 2 aromatic carbocycles. The number of aryl methyl sites for hydroxylation is 1. The van der Waals surface area contributed by atoms with Gasteiger partial charge in [-0.15, -0.1) is 0 Å². The fourth-order valence-electron chi connectivity index (χ4n) is 3.49.